The van der Waals surface area contributed by atoms with E-state index < -0.39 is 0 Å². The summed E-state index contributed by atoms with van der Waals surface area (Å²) in [7, 11) is 0. The maximum absolute atomic E-state index is 12.3. The van der Waals surface area contributed by atoms with Crippen molar-refractivity contribution >= 4 is 18.3 Å². The van der Waals surface area contributed by atoms with Gasteiger partial charge in [0.1, 0.15) is 5.76 Å². The average molecular weight is 319 g/mol. The summed E-state index contributed by atoms with van der Waals surface area (Å²) in [6, 6.07) is 14.7. The topological polar surface area (TPSA) is 54.3 Å². The summed E-state index contributed by atoms with van der Waals surface area (Å²) in [6.45, 7) is 0. The number of carbonyl (C=O) groups excluding carboxylic acids is 1. The molecule has 1 amide bonds. The van der Waals surface area contributed by atoms with Gasteiger partial charge in [-0.15, -0.1) is 12.4 Å². The molecule has 2 bridgehead atoms. The first-order valence-electron chi connectivity index (χ1n) is 7.52. The SMILES string of the molecule is Cl.O=C(N[C@@H]1CC2CCC1N2)c1ccc(-c2ccccc2)o1. The maximum Gasteiger partial charge on any atom is 0.287 e. The molecule has 4 nitrogen and oxygen atoms in total. The average Bonchev–Trinajstić information content (AvgIpc) is 3.24. The molecule has 1 aromatic heterocycles. The molecule has 2 unspecified atom stereocenters. The van der Waals surface area contributed by atoms with Crippen LogP contribution < -0.4 is 10.6 Å². The Morgan fingerprint density at radius 2 is 1.95 bits per heavy atom. The van der Waals surface area contributed by atoms with Crippen molar-refractivity contribution in [2.45, 2.75) is 37.4 Å². The molecule has 2 aliphatic rings. The van der Waals surface area contributed by atoms with Crippen molar-refractivity contribution in [3.63, 3.8) is 0 Å². The second-order valence-corrected chi connectivity index (χ2v) is 5.89. The number of fused-ring (bicyclic) bond motifs is 2. The van der Waals surface area contributed by atoms with Crippen molar-refractivity contribution in [1.82, 2.24) is 10.6 Å². The van der Waals surface area contributed by atoms with Crippen LogP contribution in [0.15, 0.2) is 46.9 Å². The van der Waals surface area contributed by atoms with E-state index in [1.807, 2.05) is 36.4 Å². The van der Waals surface area contributed by atoms with Crippen LogP contribution in [0.4, 0.5) is 0 Å². The number of furan rings is 1. The lowest BCUT2D eigenvalue weighted by molar-refractivity contribution is 0.0903. The van der Waals surface area contributed by atoms with Crippen LogP contribution in [0.3, 0.4) is 0 Å². The van der Waals surface area contributed by atoms with E-state index in [9.17, 15) is 4.79 Å². The first-order valence-corrected chi connectivity index (χ1v) is 7.52. The minimum absolute atomic E-state index is 0. The van der Waals surface area contributed by atoms with Crippen LogP contribution in [0, 0.1) is 0 Å². The summed E-state index contributed by atoms with van der Waals surface area (Å²) in [6.07, 6.45) is 3.42. The number of benzene rings is 1. The third kappa shape index (κ3) is 2.76. The molecule has 2 fully saturated rings. The molecule has 1 aromatic carbocycles. The number of carbonyl (C=O) groups is 1. The van der Waals surface area contributed by atoms with Gasteiger partial charge in [0.25, 0.3) is 5.91 Å². The predicted molar refractivity (Wildman–Crippen MR) is 87.2 cm³/mol. The van der Waals surface area contributed by atoms with Gasteiger partial charge in [0.05, 0.1) is 0 Å². The van der Waals surface area contributed by atoms with Crippen LogP contribution in [-0.4, -0.2) is 24.0 Å². The molecule has 3 atom stereocenters. The van der Waals surface area contributed by atoms with E-state index in [0.29, 0.717) is 17.8 Å². The zero-order valence-electron chi connectivity index (χ0n) is 12.1. The van der Waals surface area contributed by atoms with Crippen LogP contribution in [0.25, 0.3) is 11.3 Å². The van der Waals surface area contributed by atoms with E-state index >= 15 is 0 Å². The van der Waals surface area contributed by atoms with Crippen molar-refractivity contribution in [3.05, 3.63) is 48.2 Å². The highest BCUT2D eigenvalue weighted by Gasteiger charge is 2.39. The van der Waals surface area contributed by atoms with E-state index in [2.05, 4.69) is 10.6 Å². The molecule has 116 valence electrons. The molecule has 4 rings (SSSR count). The van der Waals surface area contributed by atoms with Crippen molar-refractivity contribution in [3.8, 4) is 11.3 Å². The van der Waals surface area contributed by atoms with Gasteiger partial charge >= 0.3 is 0 Å². The van der Waals surface area contributed by atoms with Crippen LogP contribution >= 0.6 is 12.4 Å². The standard InChI is InChI=1S/C17H18N2O2.ClH/c20-17(19-14-10-12-6-7-13(14)18-12)16-9-8-15(21-16)11-4-2-1-3-5-11;/h1-5,8-9,12-14,18H,6-7,10H2,(H,19,20);1H/t12?,13?,14-;/m1./s1. The number of halogens is 1. The summed E-state index contributed by atoms with van der Waals surface area (Å²) in [5, 5.41) is 6.62. The predicted octanol–water partition coefficient (Wildman–Crippen LogP) is 2.99. The molecule has 5 heteroatoms. The van der Waals surface area contributed by atoms with Gasteiger partial charge in [-0.1, -0.05) is 30.3 Å². The Labute approximate surface area is 135 Å². The Bertz CT molecular complexity index is 656. The lowest BCUT2D eigenvalue weighted by atomic mass is 9.95. The van der Waals surface area contributed by atoms with Gasteiger partial charge in [0, 0.05) is 23.7 Å². The van der Waals surface area contributed by atoms with Crippen molar-refractivity contribution in [2.24, 2.45) is 0 Å². The molecule has 0 saturated carbocycles. The van der Waals surface area contributed by atoms with E-state index in [1.165, 1.54) is 6.42 Å². The number of hydrogen-bond donors (Lipinski definition) is 2. The Balaban J connectivity index is 0.00000144. The molecular formula is C17H19ClN2O2. The number of nitrogens with one attached hydrogen (secondary N) is 2. The molecule has 2 N–H and O–H groups in total. The molecule has 2 aliphatic heterocycles. The second kappa shape index (κ2) is 6.15. The molecule has 22 heavy (non-hydrogen) atoms. The Morgan fingerprint density at radius 1 is 1.14 bits per heavy atom. The summed E-state index contributed by atoms with van der Waals surface area (Å²) in [5.74, 6) is 1.000. The highest BCUT2D eigenvalue weighted by Crippen LogP contribution is 2.28. The quantitative estimate of drug-likeness (QED) is 0.914. The molecule has 3 heterocycles. The monoisotopic (exact) mass is 318 g/mol. The Kier molecular flexibility index (Phi) is 4.23. The first-order chi connectivity index (χ1) is 10.3. The number of hydrogen-bond acceptors (Lipinski definition) is 3. The number of amides is 1. The van der Waals surface area contributed by atoms with Crippen molar-refractivity contribution < 1.29 is 9.21 Å². The van der Waals surface area contributed by atoms with Crippen molar-refractivity contribution in [2.75, 3.05) is 0 Å². The van der Waals surface area contributed by atoms with E-state index in [0.717, 1.165) is 24.2 Å². The smallest absolute Gasteiger partial charge is 0.287 e. The van der Waals surface area contributed by atoms with Crippen molar-refractivity contribution in [1.29, 1.82) is 0 Å². The minimum atomic E-state index is -0.114. The normalized spacial score (nSPS) is 25.7. The van der Waals surface area contributed by atoms with Gasteiger partial charge in [-0.25, -0.2) is 0 Å². The van der Waals surface area contributed by atoms with Gasteiger partial charge in [0.2, 0.25) is 0 Å². The molecule has 0 aliphatic carbocycles. The van der Waals surface area contributed by atoms with E-state index in [-0.39, 0.29) is 24.4 Å². The fourth-order valence-corrected chi connectivity index (χ4v) is 3.44. The van der Waals surface area contributed by atoms with Crippen LogP contribution in [0.5, 0.6) is 0 Å². The summed E-state index contributed by atoms with van der Waals surface area (Å²) < 4.78 is 5.69. The van der Waals surface area contributed by atoms with Gasteiger partial charge in [-0.05, 0) is 31.4 Å². The van der Waals surface area contributed by atoms with Crippen LogP contribution in [0.2, 0.25) is 0 Å². The van der Waals surface area contributed by atoms with Gasteiger partial charge in [-0.3, -0.25) is 4.79 Å². The maximum atomic E-state index is 12.3. The molecule has 0 spiro atoms. The fourth-order valence-electron chi connectivity index (χ4n) is 3.44. The first kappa shape index (κ1) is 15.1. The summed E-state index contributed by atoms with van der Waals surface area (Å²) in [5.41, 5.74) is 0.984. The highest BCUT2D eigenvalue weighted by atomic mass is 35.5. The third-order valence-electron chi connectivity index (χ3n) is 4.50. The Morgan fingerprint density at radius 3 is 2.64 bits per heavy atom. The Hall–Kier alpha value is -1.78. The molecule has 2 aromatic rings. The molecular weight excluding hydrogens is 300 g/mol. The van der Waals surface area contributed by atoms with Gasteiger partial charge in [0.15, 0.2) is 5.76 Å². The zero-order chi connectivity index (χ0) is 14.2. The second-order valence-electron chi connectivity index (χ2n) is 5.89. The largest absolute Gasteiger partial charge is 0.451 e. The van der Waals surface area contributed by atoms with E-state index in [4.69, 9.17) is 4.42 Å². The van der Waals surface area contributed by atoms with Crippen LogP contribution in [0.1, 0.15) is 29.8 Å². The van der Waals surface area contributed by atoms with E-state index in [1.54, 1.807) is 6.07 Å². The minimum Gasteiger partial charge on any atom is -0.451 e. The van der Waals surface area contributed by atoms with Gasteiger partial charge < -0.3 is 15.1 Å². The third-order valence-corrected chi connectivity index (χ3v) is 4.50. The van der Waals surface area contributed by atoms with Crippen LogP contribution in [-0.2, 0) is 0 Å². The zero-order valence-corrected chi connectivity index (χ0v) is 12.9. The number of rotatable bonds is 3. The molecule has 0 radical (unpaired) electrons. The fraction of sp³-hybridized carbons (Fsp3) is 0.353. The summed E-state index contributed by atoms with van der Waals surface area (Å²) >= 11 is 0. The van der Waals surface area contributed by atoms with Gasteiger partial charge in [-0.2, -0.15) is 0 Å². The lowest BCUT2D eigenvalue weighted by Gasteiger charge is -2.20. The summed E-state index contributed by atoms with van der Waals surface area (Å²) in [4.78, 5) is 12.3. The molecule has 2 saturated heterocycles. The highest BCUT2D eigenvalue weighted by molar-refractivity contribution is 5.92. The lowest BCUT2D eigenvalue weighted by Crippen LogP contribution is -2.42.